The highest BCUT2D eigenvalue weighted by atomic mass is 16.4. The summed E-state index contributed by atoms with van der Waals surface area (Å²) in [5.41, 5.74) is -0.123. The fraction of sp³-hybridized carbons (Fsp3) is 0.643. The summed E-state index contributed by atoms with van der Waals surface area (Å²) in [6.07, 6.45) is 7.32. The van der Waals surface area contributed by atoms with Crippen LogP contribution in [0, 0.1) is 27.6 Å². The van der Waals surface area contributed by atoms with Gasteiger partial charge in [-0.3, -0.25) is 9.59 Å². The second-order valence-electron chi connectivity index (χ2n) is 12.8. The molecule has 0 heterocycles. The molecule has 0 aromatic heterocycles. The Balaban J connectivity index is 1.67. The predicted molar refractivity (Wildman–Crippen MR) is 127 cm³/mol. The Morgan fingerprint density at radius 1 is 0.912 bits per heavy atom. The molecule has 1 unspecified atom stereocenters. The van der Waals surface area contributed by atoms with E-state index >= 15 is 0 Å². The normalized spacial score (nSPS) is 43.1. The maximum absolute atomic E-state index is 13.3. The lowest BCUT2D eigenvalue weighted by Crippen LogP contribution is -2.62. The van der Waals surface area contributed by atoms with Crippen molar-refractivity contribution in [1.82, 2.24) is 0 Å². The zero-order valence-corrected chi connectivity index (χ0v) is 20.8. The summed E-state index contributed by atoms with van der Waals surface area (Å²) in [4.78, 5) is 25.5. The Morgan fingerprint density at radius 3 is 2.21 bits per heavy atom. The van der Waals surface area contributed by atoms with Gasteiger partial charge in [0.1, 0.15) is 0 Å². The lowest BCUT2D eigenvalue weighted by Gasteiger charge is -2.69. The van der Waals surface area contributed by atoms with Gasteiger partial charge in [0.15, 0.2) is 17.3 Å². The molecule has 4 aliphatic rings. The number of allylic oxidation sites excluding steroid dienone is 2. The molecular weight excluding hydrogens is 432 g/mol. The van der Waals surface area contributed by atoms with Gasteiger partial charge in [-0.05, 0) is 97.3 Å². The number of phenols is 3. The van der Waals surface area contributed by atoms with Crippen LogP contribution >= 0.6 is 0 Å². The van der Waals surface area contributed by atoms with E-state index in [0.29, 0.717) is 24.8 Å². The van der Waals surface area contributed by atoms with Crippen LogP contribution in [0.4, 0.5) is 0 Å². The highest BCUT2D eigenvalue weighted by Crippen LogP contribution is 2.74. The van der Waals surface area contributed by atoms with Crippen molar-refractivity contribution in [1.29, 1.82) is 0 Å². The zero-order valence-electron chi connectivity index (χ0n) is 20.8. The Bertz CT molecular complexity index is 1170. The second-order valence-corrected chi connectivity index (χ2v) is 12.8. The Kier molecular flexibility index (Phi) is 4.50. The van der Waals surface area contributed by atoms with E-state index < -0.39 is 34.0 Å². The summed E-state index contributed by atoms with van der Waals surface area (Å²) in [6, 6.07) is 1.44. The number of hydrogen-bond acceptors (Lipinski definition) is 5. The van der Waals surface area contributed by atoms with Gasteiger partial charge in [0.05, 0.1) is 11.0 Å². The molecule has 0 amide bonds. The molecule has 5 rings (SSSR count). The van der Waals surface area contributed by atoms with Crippen LogP contribution < -0.4 is 0 Å². The summed E-state index contributed by atoms with van der Waals surface area (Å²) >= 11 is 0. The third-order valence-electron chi connectivity index (χ3n) is 11.2. The van der Waals surface area contributed by atoms with Gasteiger partial charge in [0.25, 0.3) is 0 Å². The van der Waals surface area contributed by atoms with Crippen molar-refractivity contribution in [3.05, 3.63) is 28.8 Å². The largest absolute Gasteiger partial charge is 0.504 e. The minimum Gasteiger partial charge on any atom is -0.504 e. The first kappa shape index (κ1) is 23.3. The van der Waals surface area contributed by atoms with Gasteiger partial charge in [0.2, 0.25) is 5.75 Å². The van der Waals surface area contributed by atoms with Crippen LogP contribution in [0.15, 0.2) is 17.7 Å². The van der Waals surface area contributed by atoms with Gasteiger partial charge < -0.3 is 20.4 Å². The second kappa shape index (κ2) is 6.58. The van der Waals surface area contributed by atoms with Crippen molar-refractivity contribution in [2.24, 2.45) is 27.6 Å². The lowest BCUT2D eigenvalue weighted by molar-refractivity contribution is -0.177. The highest BCUT2D eigenvalue weighted by Gasteiger charge is 2.67. The van der Waals surface area contributed by atoms with E-state index in [1.807, 2.05) is 6.92 Å². The van der Waals surface area contributed by atoms with Crippen LogP contribution in [0.1, 0.15) is 95.5 Å². The summed E-state index contributed by atoms with van der Waals surface area (Å²) in [7, 11) is 0. The molecule has 0 bridgehead atoms. The topological polar surface area (TPSA) is 115 Å². The average Bonchev–Trinajstić information content (AvgIpc) is 2.77. The fourth-order valence-electron chi connectivity index (χ4n) is 8.50. The first-order chi connectivity index (χ1) is 15.6. The van der Waals surface area contributed by atoms with Gasteiger partial charge in [-0.2, -0.15) is 0 Å². The molecule has 6 nitrogen and oxygen atoms in total. The van der Waals surface area contributed by atoms with Crippen LogP contribution in [0.5, 0.6) is 17.2 Å². The van der Waals surface area contributed by atoms with E-state index in [-0.39, 0.29) is 33.5 Å². The number of phenolic OH excluding ortho intramolecular Hbond substituents is 3. The predicted octanol–water partition coefficient (Wildman–Crippen LogP) is 5.68. The molecule has 6 heteroatoms. The number of carbonyl (C=O) groups is 2. The maximum atomic E-state index is 13.3. The summed E-state index contributed by atoms with van der Waals surface area (Å²) in [5, 5.41) is 40.9. The van der Waals surface area contributed by atoms with E-state index in [1.54, 1.807) is 6.08 Å². The molecule has 3 fully saturated rings. The standard InChI is InChI=1S/C28H36O6/c1-24-6-7-25(2,23(33)34)14-19(24)28(5)11-9-26(3)15-12-17(30)21(31)22(32)20(15)16(29)13-18(26)27(28,4)10-8-24/h12-13,19,30-32H,6-11,14H2,1-5H3,(H,33,34)/t19?,24-,25-,26+,27-,28+/m0/s1. The van der Waals surface area contributed by atoms with Gasteiger partial charge in [-0.25, -0.2) is 0 Å². The minimum atomic E-state index is -0.745. The van der Waals surface area contributed by atoms with Gasteiger partial charge in [0, 0.05) is 5.41 Å². The highest BCUT2D eigenvalue weighted by molar-refractivity contribution is 6.11. The van der Waals surface area contributed by atoms with E-state index in [9.17, 15) is 30.0 Å². The third kappa shape index (κ3) is 2.57. The maximum Gasteiger partial charge on any atom is 0.309 e. The number of benzene rings is 1. The summed E-state index contributed by atoms with van der Waals surface area (Å²) in [6.45, 7) is 10.8. The number of carboxylic acids is 1. The van der Waals surface area contributed by atoms with Gasteiger partial charge in [-0.1, -0.05) is 27.7 Å². The van der Waals surface area contributed by atoms with Crippen molar-refractivity contribution in [2.45, 2.75) is 85.0 Å². The Morgan fingerprint density at radius 2 is 1.56 bits per heavy atom. The molecule has 0 radical (unpaired) electrons. The summed E-state index contributed by atoms with van der Waals surface area (Å²) in [5.74, 6) is -2.52. The first-order valence-electron chi connectivity index (χ1n) is 12.4. The molecule has 1 aromatic rings. The van der Waals surface area contributed by atoms with Crippen molar-refractivity contribution in [2.75, 3.05) is 0 Å². The van der Waals surface area contributed by atoms with E-state index in [1.165, 1.54) is 6.07 Å². The molecule has 0 aliphatic heterocycles. The molecule has 4 aliphatic carbocycles. The monoisotopic (exact) mass is 468 g/mol. The van der Waals surface area contributed by atoms with E-state index in [0.717, 1.165) is 31.3 Å². The Hall–Kier alpha value is -2.50. The fourth-order valence-corrected chi connectivity index (χ4v) is 8.50. The molecule has 4 N–H and O–H groups in total. The number of carbonyl (C=O) groups excluding carboxylic acids is 1. The van der Waals surface area contributed by atoms with Crippen molar-refractivity contribution < 1.29 is 30.0 Å². The van der Waals surface area contributed by atoms with Crippen LogP contribution in [0.25, 0.3) is 0 Å². The molecule has 0 saturated heterocycles. The molecular formula is C28H36O6. The zero-order chi connectivity index (χ0) is 25.1. The number of fused-ring (bicyclic) bond motifs is 7. The third-order valence-corrected chi connectivity index (χ3v) is 11.2. The van der Waals surface area contributed by atoms with Gasteiger partial charge in [-0.15, -0.1) is 0 Å². The molecule has 184 valence electrons. The van der Waals surface area contributed by atoms with Crippen LogP contribution in [-0.4, -0.2) is 32.2 Å². The number of carboxylic acid groups (broad SMARTS) is 1. The van der Waals surface area contributed by atoms with Crippen molar-refractivity contribution in [3.63, 3.8) is 0 Å². The van der Waals surface area contributed by atoms with E-state index in [2.05, 4.69) is 27.7 Å². The molecule has 3 saturated carbocycles. The number of aromatic hydroxyl groups is 3. The Labute approximate surface area is 200 Å². The van der Waals surface area contributed by atoms with Crippen LogP contribution in [0.3, 0.4) is 0 Å². The van der Waals surface area contributed by atoms with Crippen molar-refractivity contribution >= 4 is 11.8 Å². The smallest absolute Gasteiger partial charge is 0.309 e. The average molecular weight is 469 g/mol. The first-order valence-corrected chi connectivity index (χ1v) is 12.4. The summed E-state index contributed by atoms with van der Waals surface area (Å²) < 4.78 is 0. The van der Waals surface area contributed by atoms with E-state index in [4.69, 9.17) is 0 Å². The van der Waals surface area contributed by atoms with Gasteiger partial charge >= 0.3 is 5.97 Å². The quantitative estimate of drug-likeness (QED) is 0.394. The number of aliphatic carboxylic acids is 1. The molecule has 1 aromatic carbocycles. The molecule has 0 spiro atoms. The molecule has 34 heavy (non-hydrogen) atoms. The van der Waals surface area contributed by atoms with Crippen LogP contribution in [0.2, 0.25) is 0 Å². The van der Waals surface area contributed by atoms with Crippen molar-refractivity contribution in [3.8, 4) is 17.2 Å². The SMILES string of the molecule is C[C@]1(C(=O)O)CC[C@@]2(C)CC[C@@]3(C)C4=CC(=O)c5c(cc(O)c(O)c5O)[C@@]4(C)CC[C@]3(C)C2C1. The number of hydrogen-bond donors (Lipinski definition) is 4. The number of rotatable bonds is 1. The van der Waals surface area contributed by atoms with Crippen LogP contribution in [-0.2, 0) is 10.2 Å². The molecule has 6 atom stereocenters. The number of ketones is 1. The lowest BCUT2D eigenvalue weighted by atomic mass is 9.34. The minimum absolute atomic E-state index is 0.0659.